The fourth-order valence-corrected chi connectivity index (χ4v) is 3.50. The Kier molecular flexibility index (Phi) is 5.52. The number of thiazole rings is 1. The van der Waals surface area contributed by atoms with Crippen LogP contribution in [0.4, 0.5) is 5.13 Å². The second kappa shape index (κ2) is 7.19. The molecule has 2 atom stereocenters. The molecule has 1 aromatic heterocycles. The molecule has 2 rings (SSSR count). The first kappa shape index (κ1) is 16.9. The van der Waals surface area contributed by atoms with Crippen LogP contribution in [0, 0.1) is 5.92 Å². The number of aromatic nitrogens is 1. The molecule has 0 aromatic carbocycles. The highest BCUT2D eigenvalue weighted by Gasteiger charge is 2.38. The summed E-state index contributed by atoms with van der Waals surface area (Å²) in [6.45, 7) is 4.05. The summed E-state index contributed by atoms with van der Waals surface area (Å²) >= 11 is 1.31. The van der Waals surface area contributed by atoms with Crippen molar-refractivity contribution in [2.45, 2.75) is 51.5 Å². The number of nitrogens with one attached hydrogen (secondary N) is 1. The van der Waals surface area contributed by atoms with E-state index in [1.165, 1.54) is 11.3 Å². The van der Waals surface area contributed by atoms with Gasteiger partial charge in [-0.15, -0.1) is 11.3 Å². The first-order valence-electron chi connectivity index (χ1n) is 7.62. The fraction of sp³-hybridized carbons (Fsp3) is 0.667. The highest BCUT2D eigenvalue weighted by Crippen LogP contribution is 2.32. The Morgan fingerprint density at radius 1 is 1.55 bits per heavy atom. The molecule has 1 aliphatic rings. The summed E-state index contributed by atoms with van der Waals surface area (Å²) < 4.78 is 4.88. The minimum atomic E-state index is -0.465. The number of anilines is 1. The molecule has 22 heavy (non-hydrogen) atoms. The van der Waals surface area contributed by atoms with E-state index in [0.29, 0.717) is 17.4 Å². The average molecular weight is 325 g/mol. The van der Waals surface area contributed by atoms with Gasteiger partial charge in [-0.1, -0.05) is 12.8 Å². The van der Waals surface area contributed by atoms with Crippen molar-refractivity contribution in [3.63, 3.8) is 0 Å². The second-order valence-electron chi connectivity index (χ2n) is 5.92. The number of esters is 1. The first-order chi connectivity index (χ1) is 10.4. The SMILES string of the molecule is CCOC(=O)Cc1csc(NC(=O)C2CCCCC2(C)N)n1. The zero-order chi connectivity index (χ0) is 16.2. The van der Waals surface area contributed by atoms with Crippen molar-refractivity contribution >= 4 is 28.3 Å². The summed E-state index contributed by atoms with van der Waals surface area (Å²) in [4.78, 5) is 28.1. The Labute approximate surface area is 134 Å². The summed E-state index contributed by atoms with van der Waals surface area (Å²) in [6.07, 6.45) is 3.88. The van der Waals surface area contributed by atoms with Crippen LogP contribution >= 0.6 is 11.3 Å². The second-order valence-corrected chi connectivity index (χ2v) is 6.78. The number of nitrogens with two attached hydrogens (primary N) is 1. The van der Waals surface area contributed by atoms with Crippen LogP contribution in [-0.2, 0) is 20.7 Å². The topological polar surface area (TPSA) is 94.3 Å². The van der Waals surface area contributed by atoms with E-state index in [0.717, 1.165) is 25.7 Å². The minimum absolute atomic E-state index is 0.0817. The van der Waals surface area contributed by atoms with Crippen LogP contribution in [-0.4, -0.2) is 29.0 Å². The summed E-state index contributed by atoms with van der Waals surface area (Å²) in [5.41, 5.74) is 6.39. The van der Waals surface area contributed by atoms with Crippen molar-refractivity contribution in [1.29, 1.82) is 0 Å². The summed E-state index contributed by atoms with van der Waals surface area (Å²) in [6, 6.07) is 0. The number of hydrogen-bond donors (Lipinski definition) is 2. The number of carbonyl (C=O) groups is 2. The van der Waals surface area contributed by atoms with Gasteiger partial charge in [0.2, 0.25) is 5.91 Å². The summed E-state index contributed by atoms with van der Waals surface area (Å²) in [5.74, 6) is -0.590. The normalized spacial score (nSPS) is 24.8. The lowest BCUT2D eigenvalue weighted by Crippen LogP contribution is -2.51. The predicted octanol–water partition coefficient (Wildman–Crippen LogP) is 2.09. The number of nitrogens with zero attached hydrogens (tertiary/aromatic N) is 1. The summed E-state index contributed by atoms with van der Waals surface area (Å²) in [5, 5.41) is 5.09. The molecule has 1 heterocycles. The van der Waals surface area contributed by atoms with Crippen LogP contribution in [0.2, 0.25) is 0 Å². The van der Waals surface area contributed by atoms with Gasteiger partial charge in [-0.25, -0.2) is 4.98 Å². The lowest BCUT2D eigenvalue weighted by atomic mass is 9.74. The van der Waals surface area contributed by atoms with Gasteiger partial charge in [-0.3, -0.25) is 9.59 Å². The monoisotopic (exact) mass is 325 g/mol. The highest BCUT2D eigenvalue weighted by atomic mass is 32.1. The van der Waals surface area contributed by atoms with Gasteiger partial charge >= 0.3 is 5.97 Å². The zero-order valence-electron chi connectivity index (χ0n) is 13.1. The number of amides is 1. The lowest BCUT2D eigenvalue weighted by molar-refractivity contribution is -0.142. The molecular formula is C15H23N3O3S. The van der Waals surface area contributed by atoms with E-state index in [-0.39, 0.29) is 24.2 Å². The first-order valence-corrected chi connectivity index (χ1v) is 8.50. The van der Waals surface area contributed by atoms with Gasteiger partial charge < -0.3 is 15.8 Å². The zero-order valence-corrected chi connectivity index (χ0v) is 13.9. The largest absolute Gasteiger partial charge is 0.466 e. The molecule has 1 amide bonds. The van der Waals surface area contributed by atoms with Crippen LogP contribution in [0.15, 0.2) is 5.38 Å². The third kappa shape index (κ3) is 4.27. The van der Waals surface area contributed by atoms with E-state index in [2.05, 4.69) is 10.3 Å². The third-order valence-electron chi connectivity index (χ3n) is 3.98. The maximum absolute atomic E-state index is 12.4. The van der Waals surface area contributed by atoms with Crippen molar-refractivity contribution in [1.82, 2.24) is 4.98 Å². The Balaban J connectivity index is 1.94. The molecule has 0 spiro atoms. The molecule has 0 aliphatic heterocycles. The molecule has 3 N–H and O–H groups in total. The van der Waals surface area contributed by atoms with Gasteiger partial charge in [-0.2, -0.15) is 0 Å². The van der Waals surface area contributed by atoms with E-state index in [4.69, 9.17) is 10.5 Å². The third-order valence-corrected chi connectivity index (χ3v) is 4.79. The number of carbonyl (C=O) groups excluding carboxylic acids is 2. The molecular weight excluding hydrogens is 302 g/mol. The molecule has 6 nitrogen and oxygen atoms in total. The lowest BCUT2D eigenvalue weighted by Gasteiger charge is -2.36. The quantitative estimate of drug-likeness (QED) is 0.808. The van der Waals surface area contributed by atoms with Crippen molar-refractivity contribution in [2.24, 2.45) is 11.7 Å². The van der Waals surface area contributed by atoms with Gasteiger partial charge in [0.1, 0.15) is 0 Å². The summed E-state index contributed by atoms with van der Waals surface area (Å²) in [7, 11) is 0. The van der Waals surface area contributed by atoms with E-state index in [1.54, 1.807) is 12.3 Å². The van der Waals surface area contributed by atoms with Gasteiger partial charge in [0, 0.05) is 10.9 Å². The van der Waals surface area contributed by atoms with Crippen molar-refractivity contribution in [2.75, 3.05) is 11.9 Å². The molecule has 0 saturated heterocycles. The molecule has 2 unspecified atom stereocenters. The van der Waals surface area contributed by atoms with Crippen LogP contribution in [0.5, 0.6) is 0 Å². The molecule has 1 aromatic rings. The van der Waals surface area contributed by atoms with E-state index in [1.807, 2.05) is 6.92 Å². The number of rotatable bonds is 5. The molecule has 7 heteroatoms. The van der Waals surface area contributed by atoms with Crippen molar-refractivity contribution < 1.29 is 14.3 Å². The Hall–Kier alpha value is -1.47. The van der Waals surface area contributed by atoms with Crippen molar-refractivity contribution in [3.05, 3.63) is 11.1 Å². The molecule has 1 fully saturated rings. The molecule has 0 bridgehead atoms. The number of ether oxygens (including phenoxy) is 1. The average Bonchev–Trinajstić information content (AvgIpc) is 2.85. The Bertz CT molecular complexity index is 542. The van der Waals surface area contributed by atoms with E-state index >= 15 is 0 Å². The van der Waals surface area contributed by atoms with E-state index in [9.17, 15) is 9.59 Å². The highest BCUT2D eigenvalue weighted by molar-refractivity contribution is 7.13. The maximum atomic E-state index is 12.4. The molecule has 122 valence electrons. The Morgan fingerprint density at radius 3 is 3.00 bits per heavy atom. The predicted molar refractivity (Wildman–Crippen MR) is 85.6 cm³/mol. The van der Waals surface area contributed by atoms with Gasteiger partial charge in [0.25, 0.3) is 0 Å². The smallest absolute Gasteiger partial charge is 0.311 e. The van der Waals surface area contributed by atoms with Crippen LogP contribution in [0.1, 0.15) is 45.2 Å². The molecule has 1 aliphatic carbocycles. The fourth-order valence-electron chi connectivity index (χ4n) is 2.79. The Morgan fingerprint density at radius 2 is 2.32 bits per heavy atom. The minimum Gasteiger partial charge on any atom is -0.466 e. The number of hydrogen-bond acceptors (Lipinski definition) is 6. The van der Waals surface area contributed by atoms with E-state index < -0.39 is 5.54 Å². The van der Waals surface area contributed by atoms with Crippen molar-refractivity contribution in [3.8, 4) is 0 Å². The molecule has 0 radical (unpaired) electrons. The van der Waals surface area contributed by atoms with Gasteiger partial charge in [0.05, 0.1) is 24.6 Å². The standard InChI is InChI=1S/C15H23N3O3S/c1-3-21-12(19)8-10-9-22-14(17-10)18-13(20)11-6-4-5-7-15(11,2)16/h9,11H,3-8,16H2,1-2H3,(H,17,18,20). The van der Waals surface area contributed by atoms with Gasteiger partial charge in [0.15, 0.2) is 5.13 Å². The van der Waals surface area contributed by atoms with Crippen LogP contribution < -0.4 is 11.1 Å². The van der Waals surface area contributed by atoms with Crippen LogP contribution in [0.3, 0.4) is 0 Å². The van der Waals surface area contributed by atoms with Gasteiger partial charge in [-0.05, 0) is 26.7 Å². The van der Waals surface area contributed by atoms with Crippen LogP contribution in [0.25, 0.3) is 0 Å². The maximum Gasteiger partial charge on any atom is 0.311 e. The molecule has 1 saturated carbocycles.